The maximum Gasteiger partial charge on any atom is 0.264 e. The fourth-order valence-corrected chi connectivity index (χ4v) is 6.73. The Morgan fingerprint density at radius 2 is 1.85 bits per heavy atom. The lowest BCUT2D eigenvalue weighted by Crippen LogP contribution is -2.34. The normalized spacial score (nSPS) is 15.5. The Kier molecular flexibility index (Phi) is 9.90. The molecule has 2 aromatic rings. The van der Waals surface area contributed by atoms with Crippen molar-refractivity contribution in [2.75, 3.05) is 31.7 Å². The molecule has 6 nitrogen and oxygen atoms in total. The highest BCUT2D eigenvalue weighted by Crippen LogP contribution is 2.27. The van der Waals surface area contributed by atoms with Crippen molar-refractivity contribution in [2.45, 2.75) is 47.9 Å². The number of thioether (sulfide) groups is 1. The molecule has 0 spiro atoms. The lowest BCUT2D eigenvalue weighted by atomic mass is 10.1. The molecule has 9 heteroatoms. The molecule has 0 heterocycles. The van der Waals surface area contributed by atoms with Gasteiger partial charge in [0.2, 0.25) is 5.91 Å². The maximum atomic E-state index is 12.8. The van der Waals surface area contributed by atoms with E-state index in [1.807, 2.05) is 18.2 Å². The molecular formula is C24H32IN3O3S2. The smallest absolute Gasteiger partial charge is 0.264 e. The predicted octanol–water partition coefficient (Wildman–Crippen LogP) is 4.81. The van der Waals surface area contributed by atoms with E-state index in [9.17, 15) is 13.2 Å². The number of hydrogen-bond acceptors (Lipinski definition) is 6. The van der Waals surface area contributed by atoms with Gasteiger partial charge < -0.3 is 10.2 Å². The second-order valence-electron chi connectivity index (χ2n) is 8.65. The monoisotopic (exact) mass is 601 g/mol. The highest BCUT2D eigenvalue weighted by molar-refractivity contribution is 14.1. The average molecular weight is 602 g/mol. The minimum Gasteiger partial charge on any atom is -0.381 e. The summed E-state index contributed by atoms with van der Waals surface area (Å²) in [5.74, 6) is 0.316. The molecule has 1 atom stereocenters. The molecule has 33 heavy (non-hydrogen) atoms. The largest absolute Gasteiger partial charge is 0.381 e. The van der Waals surface area contributed by atoms with Crippen LogP contribution in [0, 0.1) is 9.49 Å². The van der Waals surface area contributed by atoms with E-state index >= 15 is 0 Å². The number of anilines is 1. The van der Waals surface area contributed by atoms with Gasteiger partial charge in [0.15, 0.2) is 0 Å². The first-order valence-electron chi connectivity index (χ1n) is 11.2. The van der Waals surface area contributed by atoms with Crippen LogP contribution in [0.1, 0.15) is 32.1 Å². The van der Waals surface area contributed by atoms with Crippen LogP contribution in [0.4, 0.5) is 5.69 Å². The number of halogens is 1. The summed E-state index contributed by atoms with van der Waals surface area (Å²) < 4.78 is 28.6. The van der Waals surface area contributed by atoms with Crippen LogP contribution in [0.2, 0.25) is 0 Å². The average Bonchev–Trinajstić information content (AvgIpc) is 3.32. The number of nitrogens with zero attached hydrogens (tertiary/aromatic N) is 1. The second-order valence-corrected chi connectivity index (χ2v) is 12.6. The van der Waals surface area contributed by atoms with Gasteiger partial charge in [-0.2, -0.15) is 0 Å². The summed E-state index contributed by atoms with van der Waals surface area (Å²) in [5.41, 5.74) is 0.897. The Bertz CT molecular complexity index is 1030. The number of amides is 1. The number of benzene rings is 2. The van der Waals surface area contributed by atoms with Crippen molar-refractivity contribution in [3.05, 3.63) is 52.1 Å². The zero-order valence-electron chi connectivity index (χ0n) is 19.1. The molecule has 1 amide bonds. The standard InChI is InChI=1S/C24H32IN3O3S2/c1-28(2)15-14-19(17-32-20-10-4-3-5-11-20)26-23-13-12-21(16-22(23)25)33(30,31)27-24(29)18-8-6-7-9-18/h3-5,10-13,16,18-19,26H,6-9,14-15,17H2,1-2H3,(H,27,29)/t19-/m1/s1. The first-order chi connectivity index (χ1) is 15.7. The van der Waals surface area contributed by atoms with E-state index in [1.165, 1.54) is 4.90 Å². The zero-order chi connectivity index (χ0) is 23.8. The number of carbonyl (C=O) groups excluding carboxylic acids is 1. The van der Waals surface area contributed by atoms with Crippen molar-refractivity contribution in [1.29, 1.82) is 0 Å². The molecule has 3 rings (SSSR count). The Balaban J connectivity index is 1.68. The Morgan fingerprint density at radius 3 is 2.48 bits per heavy atom. The van der Waals surface area contributed by atoms with Gasteiger partial charge in [-0.3, -0.25) is 4.79 Å². The van der Waals surface area contributed by atoms with E-state index in [4.69, 9.17) is 0 Å². The summed E-state index contributed by atoms with van der Waals surface area (Å²) in [6.45, 7) is 0.948. The van der Waals surface area contributed by atoms with E-state index in [-0.39, 0.29) is 22.8 Å². The third kappa shape index (κ3) is 8.15. The summed E-state index contributed by atoms with van der Waals surface area (Å²) in [5, 5.41) is 3.60. The quantitative estimate of drug-likeness (QED) is 0.285. The zero-order valence-corrected chi connectivity index (χ0v) is 22.9. The van der Waals surface area contributed by atoms with Crippen molar-refractivity contribution >= 4 is 56.0 Å². The van der Waals surface area contributed by atoms with Crippen molar-refractivity contribution < 1.29 is 13.2 Å². The molecule has 1 aliphatic carbocycles. The maximum absolute atomic E-state index is 12.8. The highest BCUT2D eigenvalue weighted by atomic mass is 127. The molecule has 0 bridgehead atoms. The second kappa shape index (κ2) is 12.4. The van der Waals surface area contributed by atoms with E-state index in [0.29, 0.717) is 0 Å². The van der Waals surface area contributed by atoms with Crippen molar-refractivity contribution in [2.24, 2.45) is 5.92 Å². The predicted molar refractivity (Wildman–Crippen MR) is 144 cm³/mol. The van der Waals surface area contributed by atoms with Crippen LogP contribution >= 0.6 is 34.4 Å². The molecule has 1 fully saturated rings. The third-order valence-electron chi connectivity index (χ3n) is 5.69. The fourth-order valence-electron chi connectivity index (χ4n) is 3.79. The van der Waals surface area contributed by atoms with Gasteiger partial charge in [0.05, 0.1) is 4.90 Å². The first-order valence-corrected chi connectivity index (χ1v) is 14.7. The van der Waals surface area contributed by atoms with Gasteiger partial charge in [0.25, 0.3) is 10.0 Å². The lowest BCUT2D eigenvalue weighted by molar-refractivity contribution is -0.122. The Morgan fingerprint density at radius 1 is 1.15 bits per heavy atom. The van der Waals surface area contributed by atoms with E-state index in [0.717, 1.165) is 53.7 Å². The van der Waals surface area contributed by atoms with Crippen LogP contribution < -0.4 is 10.0 Å². The summed E-state index contributed by atoms with van der Waals surface area (Å²) in [7, 11) is 0.245. The van der Waals surface area contributed by atoms with Crippen molar-refractivity contribution in [1.82, 2.24) is 9.62 Å². The topological polar surface area (TPSA) is 78.5 Å². The molecule has 0 aromatic heterocycles. The summed E-state index contributed by atoms with van der Waals surface area (Å²) >= 11 is 3.96. The summed E-state index contributed by atoms with van der Waals surface area (Å²) in [6, 6.07) is 15.5. The first kappa shape index (κ1) is 26.3. The van der Waals surface area contributed by atoms with Crippen molar-refractivity contribution in [3.63, 3.8) is 0 Å². The number of sulfonamides is 1. The molecule has 1 saturated carbocycles. The number of carbonyl (C=O) groups is 1. The van der Waals surface area contributed by atoms with Gasteiger partial charge in [-0.25, -0.2) is 13.1 Å². The molecule has 0 saturated heterocycles. The molecule has 0 radical (unpaired) electrons. The Labute approximate surface area is 215 Å². The minimum atomic E-state index is -3.88. The third-order valence-corrected chi connectivity index (χ3v) is 9.10. The number of hydrogen-bond donors (Lipinski definition) is 2. The van der Waals surface area contributed by atoms with Crippen LogP contribution in [0.15, 0.2) is 58.3 Å². The minimum absolute atomic E-state index is 0.118. The van der Waals surface area contributed by atoms with E-state index in [2.05, 4.69) is 63.8 Å². The molecule has 0 aliphatic heterocycles. The molecule has 2 aromatic carbocycles. The lowest BCUT2D eigenvalue weighted by Gasteiger charge is -2.23. The van der Waals surface area contributed by atoms with E-state index in [1.54, 1.807) is 30.0 Å². The fraction of sp³-hybridized carbons (Fsp3) is 0.458. The molecule has 180 valence electrons. The molecule has 0 unspecified atom stereocenters. The van der Waals surface area contributed by atoms with Gasteiger partial charge in [-0.1, -0.05) is 31.0 Å². The summed E-state index contributed by atoms with van der Waals surface area (Å²) in [6.07, 6.45) is 4.44. The molecular weight excluding hydrogens is 569 g/mol. The highest BCUT2D eigenvalue weighted by Gasteiger charge is 2.27. The van der Waals surface area contributed by atoms with Gasteiger partial charge in [0, 0.05) is 31.9 Å². The summed E-state index contributed by atoms with van der Waals surface area (Å²) in [4.78, 5) is 15.8. The van der Waals surface area contributed by atoms with E-state index < -0.39 is 10.0 Å². The van der Waals surface area contributed by atoms with Gasteiger partial charge in [-0.05, 0) is 92.8 Å². The van der Waals surface area contributed by atoms with Crippen LogP contribution in [0.3, 0.4) is 0 Å². The molecule has 2 N–H and O–H groups in total. The SMILES string of the molecule is CN(C)CC[C@H](CSc1ccccc1)Nc1ccc(S(=O)(=O)NC(=O)C2CCCC2)cc1I. The van der Waals surface area contributed by atoms with Crippen LogP contribution in [0.5, 0.6) is 0 Å². The van der Waals surface area contributed by atoms with Gasteiger partial charge >= 0.3 is 0 Å². The van der Waals surface area contributed by atoms with Gasteiger partial charge in [0.1, 0.15) is 0 Å². The van der Waals surface area contributed by atoms with Crippen LogP contribution in [-0.2, 0) is 14.8 Å². The Hall–Kier alpha value is -1.30. The number of rotatable bonds is 11. The van der Waals surface area contributed by atoms with Crippen LogP contribution in [-0.4, -0.2) is 51.7 Å². The van der Waals surface area contributed by atoms with Crippen molar-refractivity contribution in [3.8, 4) is 0 Å². The van der Waals surface area contributed by atoms with Crippen LogP contribution in [0.25, 0.3) is 0 Å². The van der Waals surface area contributed by atoms with Gasteiger partial charge in [-0.15, -0.1) is 11.8 Å². The molecule has 1 aliphatic rings. The number of nitrogens with one attached hydrogen (secondary N) is 2.